The Kier molecular flexibility index (Phi) is 4.56. The molecule has 3 nitrogen and oxygen atoms in total. The fraction of sp³-hybridized carbons (Fsp3) is 0.167. The molecule has 0 aliphatic heterocycles. The Hall–Kier alpha value is -2.10. The van der Waals surface area contributed by atoms with E-state index >= 15 is 0 Å². The molecule has 0 saturated heterocycles. The maximum absolute atomic E-state index is 6.16. The molecule has 1 N–H and O–H groups in total. The molecule has 0 spiro atoms. The van der Waals surface area contributed by atoms with Crippen LogP contribution in [0.4, 0.5) is 0 Å². The highest BCUT2D eigenvalue weighted by atomic mass is 35.5. The van der Waals surface area contributed by atoms with Gasteiger partial charge < -0.3 is 9.73 Å². The van der Waals surface area contributed by atoms with E-state index in [1.54, 1.807) is 12.4 Å². The molecule has 2 aromatic heterocycles. The van der Waals surface area contributed by atoms with E-state index < -0.39 is 0 Å². The van der Waals surface area contributed by atoms with E-state index in [0.29, 0.717) is 6.54 Å². The van der Waals surface area contributed by atoms with Crippen molar-refractivity contribution in [2.24, 2.45) is 0 Å². The molecule has 0 atom stereocenters. The molecule has 0 bridgehead atoms. The van der Waals surface area contributed by atoms with Crippen LogP contribution >= 0.6 is 11.6 Å². The third-order valence-electron chi connectivity index (χ3n) is 3.50. The first-order valence-electron chi connectivity index (χ1n) is 7.17. The van der Waals surface area contributed by atoms with Gasteiger partial charge in [0.1, 0.15) is 11.5 Å². The predicted octanol–water partition coefficient (Wildman–Crippen LogP) is 4.59. The van der Waals surface area contributed by atoms with Gasteiger partial charge in [0.05, 0.1) is 6.54 Å². The highest BCUT2D eigenvalue weighted by Gasteiger charge is 2.06. The van der Waals surface area contributed by atoms with Crippen LogP contribution < -0.4 is 5.32 Å². The minimum absolute atomic E-state index is 0.682. The maximum Gasteiger partial charge on any atom is 0.134 e. The number of hydrogen-bond acceptors (Lipinski definition) is 3. The lowest BCUT2D eigenvalue weighted by atomic mass is 10.1. The highest BCUT2D eigenvalue weighted by Crippen LogP contribution is 2.26. The van der Waals surface area contributed by atoms with Crippen molar-refractivity contribution in [3.05, 3.63) is 76.8 Å². The van der Waals surface area contributed by atoms with Crippen LogP contribution in [-0.2, 0) is 13.1 Å². The Morgan fingerprint density at radius 2 is 1.86 bits per heavy atom. The third-order valence-corrected chi connectivity index (χ3v) is 3.90. The van der Waals surface area contributed by atoms with Gasteiger partial charge in [-0.2, -0.15) is 0 Å². The van der Waals surface area contributed by atoms with E-state index in [9.17, 15) is 0 Å². The number of halogens is 1. The van der Waals surface area contributed by atoms with E-state index in [4.69, 9.17) is 16.0 Å². The summed E-state index contributed by atoms with van der Waals surface area (Å²) in [5.74, 6) is 1.74. The van der Waals surface area contributed by atoms with E-state index in [-0.39, 0.29) is 0 Å². The Bertz CT molecular complexity index is 753. The Balaban J connectivity index is 1.62. The number of aryl methyl sites for hydroxylation is 1. The van der Waals surface area contributed by atoms with Crippen LogP contribution in [0.3, 0.4) is 0 Å². The second kappa shape index (κ2) is 6.77. The monoisotopic (exact) mass is 312 g/mol. The smallest absolute Gasteiger partial charge is 0.134 e. The largest absolute Gasteiger partial charge is 0.460 e. The van der Waals surface area contributed by atoms with Gasteiger partial charge in [-0.3, -0.25) is 4.98 Å². The summed E-state index contributed by atoms with van der Waals surface area (Å²) in [4.78, 5) is 4.00. The molecular formula is C18H17ClN2O. The van der Waals surface area contributed by atoms with Crippen LogP contribution in [0.1, 0.15) is 16.9 Å². The lowest BCUT2D eigenvalue weighted by Gasteiger charge is -2.03. The Morgan fingerprint density at radius 3 is 2.64 bits per heavy atom. The maximum atomic E-state index is 6.16. The Morgan fingerprint density at radius 1 is 1.05 bits per heavy atom. The zero-order valence-electron chi connectivity index (χ0n) is 12.3. The second-order valence-electron chi connectivity index (χ2n) is 5.19. The number of aromatic nitrogens is 1. The Labute approximate surface area is 135 Å². The van der Waals surface area contributed by atoms with E-state index in [1.807, 2.05) is 49.4 Å². The second-order valence-corrected chi connectivity index (χ2v) is 5.60. The fourth-order valence-electron chi connectivity index (χ4n) is 2.20. The van der Waals surface area contributed by atoms with Crippen LogP contribution in [-0.4, -0.2) is 4.98 Å². The van der Waals surface area contributed by atoms with Crippen molar-refractivity contribution in [3.63, 3.8) is 0 Å². The van der Waals surface area contributed by atoms with Gasteiger partial charge in [0.15, 0.2) is 0 Å². The number of rotatable bonds is 5. The van der Waals surface area contributed by atoms with E-state index in [1.165, 1.54) is 5.56 Å². The summed E-state index contributed by atoms with van der Waals surface area (Å²) in [6.45, 7) is 3.46. The minimum Gasteiger partial charge on any atom is -0.460 e. The molecule has 1 aromatic carbocycles. The number of hydrogen-bond donors (Lipinski definition) is 1. The number of furan rings is 1. The van der Waals surface area contributed by atoms with Crippen LogP contribution in [0.2, 0.25) is 5.02 Å². The lowest BCUT2D eigenvalue weighted by Crippen LogP contribution is -2.11. The van der Waals surface area contributed by atoms with Crippen LogP contribution in [0.5, 0.6) is 0 Å². The average molecular weight is 313 g/mol. The number of nitrogens with one attached hydrogen (secondary N) is 1. The van der Waals surface area contributed by atoms with Crippen molar-refractivity contribution in [3.8, 4) is 11.3 Å². The summed E-state index contributed by atoms with van der Waals surface area (Å²) < 4.78 is 5.87. The molecule has 0 unspecified atom stereocenters. The van der Waals surface area contributed by atoms with E-state index in [2.05, 4.69) is 10.3 Å². The average Bonchev–Trinajstić information content (AvgIpc) is 3.00. The van der Waals surface area contributed by atoms with Gasteiger partial charge in [-0.15, -0.1) is 0 Å². The molecule has 2 heterocycles. The molecule has 0 radical (unpaired) electrons. The van der Waals surface area contributed by atoms with Crippen LogP contribution in [0.15, 0.2) is 59.3 Å². The summed E-state index contributed by atoms with van der Waals surface area (Å²) in [5, 5.41) is 4.11. The van der Waals surface area contributed by atoms with Gasteiger partial charge in [0.25, 0.3) is 0 Å². The molecule has 3 rings (SSSR count). The van der Waals surface area contributed by atoms with Gasteiger partial charge in [-0.1, -0.05) is 23.7 Å². The summed E-state index contributed by atoms with van der Waals surface area (Å²) in [6.07, 6.45) is 3.59. The molecule has 4 heteroatoms. The van der Waals surface area contributed by atoms with Gasteiger partial charge >= 0.3 is 0 Å². The summed E-state index contributed by atoms with van der Waals surface area (Å²) in [6, 6.07) is 13.9. The number of pyridine rings is 1. The standard InChI is InChI=1S/C18H17ClN2O/c1-13-2-3-15(10-17(13)19)18-5-4-16(22-18)12-21-11-14-6-8-20-9-7-14/h2-10,21H,11-12H2,1H3. The first-order valence-corrected chi connectivity index (χ1v) is 7.55. The van der Waals surface area contributed by atoms with Crippen molar-refractivity contribution in [1.29, 1.82) is 0 Å². The zero-order chi connectivity index (χ0) is 15.4. The molecule has 112 valence electrons. The van der Waals surface area contributed by atoms with Crippen molar-refractivity contribution < 1.29 is 4.42 Å². The molecular weight excluding hydrogens is 296 g/mol. The van der Waals surface area contributed by atoms with Gasteiger partial charge in [-0.25, -0.2) is 0 Å². The van der Waals surface area contributed by atoms with Crippen LogP contribution in [0.25, 0.3) is 11.3 Å². The number of benzene rings is 1. The van der Waals surface area contributed by atoms with Gasteiger partial charge in [-0.05, 0) is 48.4 Å². The highest BCUT2D eigenvalue weighted by molar-refractivity contribution is 6.31. The minimum atomic E-state index is 0.682. The van der Waals surface area contributed by atoms with Crippen molar-refractivity contribution in [2.75, 3.05) is 0 Å². The normalized spacial score (nSPS) is 10.8. The molecule has 0 fully saturated rings. The summed E-state index contributed by atoms with van der Waals surface area (Å²) >= 11 is 6.16. The van der Waals surface area contributed by atoms with Gasteiger partial charge in [0, 0.05) is 29.5 Å². The topological polar surface area (TPSA) is 38.1 Å². The SMILES string of the molecule is Cc1ccc(-c2ccc(CNCc3ccncc3)o2)cc1Cl. The quantitative estimate of drug-likeness (QED) is 0.748. The lowest BCUT2D eigenvalue weighted by molar-refractivity contribution is 0.493. The van der Waals surface area contributed by atoms with E-state index in [0.717, 1.165) is 34.2 Å². The molecule has 22 heavy (non-hydrogen) atoms. The number of nitrogens with zero attached hydrogens (tertiary/aromatic N) is 1. The van der Waals surface area contributed by atoms with Crippen molar-refractivity contribution in [1.82, 2.24) is 10.3 Å². The summed E-state index contributed by atoms with van der Waals surface area (Å²) in [5.41, 5.74) is 3.26. The van der Waals surface area contributed by atoms with Crippen LogP contribution in [0, 0.1) is 6.92 Å². The molecule has 3 aromatic rings. The molecule has 0 aliphatic rings. The zero-order valence-corrected chi connectivity index (χ0v) is 13.1. The predicted molar refractivity (Wildman–Crippen MR) is 88.7 cm³/mol. The first kappa shape index (κ1) is 14.8. The van der Waals surface area contributed by atoms with Gasteiger partial charge in [0.2, 0.25) is 0 Å². The third kappa shape index (κ3) is 3.56. The molecule has 0 aliphatic carbocycles. The fourth-order valence-corrected chi connectivity index (χ4v) is 2.39. The van der Waals surface area contributed by atoms with Crippen molar-refractivity contribution >= 4 is 11.6 Å². The molecule has 0 amide bonds. The van der Waals surface area contributed by atoms with Crippen molar-refractivity contribution in [2.45, 2.75) is 20.0 Å². The summed E-state index contributed by atoms with van der Waals surface area (Å²) in [7, 11) is 0. The first-order chi connectivity index (χ1) is 10.7. The molecule has 0 saturated carbocycles.